The third-order valence-electron chi connectivity index (χ3n) is 4.49. The van der Waals surface area contributed by atoms with Crippen LogP contribution in [0.5, 0.6) is 0 Å². The largest absolute Gasteiger partial charge is 0.348 e. The topological polar surface area (TPSA) is 75.5 Å². The van der Waals surface area contributed by atoms with Crippen molar-refractivity contribution < 1.29 is 9.72 Å². The highest BCUT2D eigenvalue weighted by molar-refractivity contribution is 6.32. The van der Waals surface area contributed by atoms with Crippen LogP contribution in [-0.2, 0) is 13.1 Å². The number of carbonyl (C=O) groups excluding carboxylic acids is 1. The fraction of sp³-hybridized carbons (Fsp3) is 0.316. The van der Waals surface area contributed by atoms with Gasteiger partial charge in [-0.05, 0) is 49.2 Å². The predicted octanol–water partition coefficient (Wildman–Crippen LogP) is 3.77. The molecule has 0 spiro atoms. The molecule has 1 aliphatic rings. The number of halogens is 1. The molecule has 0 saturated carbocycles. The summed E-state index contributed by atoms with van der Waals surface area (Å²) >= 11 is 5.77. The number of carbonyl (C=O) groups is 1. The van der Waals surface area contributed by atoms with Crippen LogP contribution in [0.3, 0.4) is 0 Å². The second-order valence-corrected chi connectivity index (χ2v) is 6.81. The van der Waals surface area contributed by atoms with Crippen LogP contribution >= 0.6 is 11.6 Å². The second kappa shape index (κ2) is 8.29. The number of hydrogen-bond donors (Lipinski definition) is 1. The summed E-state index contributed by atoms with van der Waals surface area (Å²) in [7, 11) is 0. The van der Waals surface area contributed by atoms with Gasteiger partial charge in [0.05, 0.1) is 4.92 Å². The van der Waals surface area contributed by atoms with Crippen molar-refractivity contribution in [1.29, 1.82) is 0 Å². The molecule has 1 saturated heterocycles. The first-order valence-electron chi connectivity index (χ1n) is 8.55. The lowest BCUT2D eigenvalue weighted by molar-refractivity contribution is -0.384. The molecule has 1 aliphatic heterocycles. The fourth-order valence-corrected chi connectivity index (χ4v) is 3.23. The van der Waals surface area contributed by atoms with Gasteiger partial charge in [-0.15, -0.1) is 0 Å². The molecular formula is C19H20ClN3O3. The minimum absolute atomic E-state index is 0.0140. The summed E-state index contributed by atoms with van der Waals surface area (Å²) in [6.07, 6.45) is 2.54. The Morgan fingerprint density at radius 2 is 1.77 bits per heavy atom. The minimum Gasteiger partial charge on any atom is -0.348 e. The van der Waals surface area contributed by atoms with Crippen LogP contribution in [0.4, 0.5) is 5.69 Å². The second-order valence-electron chi connectivity index (χ2n) is 6.41. The van der Waals surface area contributed by atoms with Crippen molar-refractivity contribution in [2.45, 2.75) is 25.9 Å². The number of rotatable bonds is 6. The van der Waals surface area contributed by atoms with Crippen molar-refractivity contribution in [3.8, 4) is 0 Å². The van der Waals surface area contributed by atoms with Gasteiger partial charge in [0.1, 0.15) is 5.02 Å². The lowest BCUT2D eigenvalue weighted by Crippen LogP contribution is -2.23. The number of nitro benzene ring substituents is 1. The molecule has 0 bridgehead atoms. The molecule has 0 atom stereocenters. The van der Waals surface area contributed by atoms with Gasteiger partial charge in [-0.1, -0.05) is 35.9 Å². The van der Waals surface area contributed by atoms with Gasteiger partial charge in [0.25, 0.3) is 11.6 Å². The quantitative estimate of drug-likeness (QED) is 0.617. The van der Waals surface area contributed by atoms with Gasteiger partial charge >= 0.3 is 0 Å². The van der Waals surface area contributed by atoms with E-state index in [-0.39, 0.29) is 22.2 Å². The normalized spacial score (nSPS) is 14.3. The molecule has 136 valence electrons. The Labute approximate surface area is 156 Å². The Morgan fingerprint density at radius 1 is 1.12 bits per heavy atom. The van der Waals surface area contributed by atoms with Crippen LogP contribution in [-0.4, -0.2) is 28.8 Å². The number of amides is 1. The van der Waals surface area contributed by atoms with Gasteiger partial charge in [-0.3, -0.25) is 19.8 Å². The first-order chi connectivity index (χ1) is 12.5. The number of nitrogens with zero attached hydrogens (tertiary/aromatic N) is 2. The summed E-state index contributed by atoms with van der Waals surface area (Å²) in [6, 6.07) is 12.2. The molecule has 7 heteroatoms. The van der Waals surface area contributed by atoms with Gasteiger partial charge in [0, 0.05) is 24.7 Å². The van der Waals surface area contributed by atoms with E-state index in [0.717, 1.165) is 25.2 Å². The van der Waals surface area contributed by atoms with Crippen molar-refractivity contribution in [2.24, 2.45) is 0 Å². The van der Waals surface area contributed by atoms with Crippen molar-refractivity contribution in [3.63, 3.8) is 0 Å². The maximum atomic E-state index is 12.2. The molecule has 1 heterocycles. The third kappa shape index (κ3) is 4.59. The Hall–Kier alpha value is -2.44. The van der Waals surface area contributed by atoms with Gasteiger partial charge in [0.2, 0.25) is 0 Å². The molecule has 1 fully saturated rings. The monoisotopic (exact) mass is 373 g/mol. The van der Waals surface area contributed by atoms with Crippen molar-refractivity contribution >= 4 is 23.2 Å². The highest BCUT2D eigenvalue weighted by atomic mass is 35.5. The summed E-state index contributed by atoms with van der Waals surface area (Å²) in [5.41, 5.74) is 2.18. The van der Waals surface area contributed by atoms with E-state index in [1.807, 2.05) is 12.1 Å². The van der Waals surface area contributed by atoms with E-state index in [0.29, 0.717) is 6.54 Å². The molecular weight excluding hydrogens is 354 g/mol. The average Bonchev–Trinajstić information content (AvgIpc) is 3.14. The Bertz CT molecular complexity index is 802. The van der Waals surface area contributed by atoms with Crippen LogP contribution in [0.1, 0.15) is 34.3 Å². The van der Waals surface area contributed by atoms with Crippen molar-refractivity contribution in [3.05, 3.63) is 74.3 Å². The van der Waals surface area contributed by atoms with Gasteiger partial charge < -0.3 is 5.32 Å². The smallest absolute Gasteiger partial charge is 0.288 e. The molecule has 2 aromatic carbocycles. The van der Waals surface area contributed by atoms with Crippen LogP contribution in [0.15, 0.2) is 42.5 Å². The van der Waals surface area contributed by atoms with Gasteiger partial charge in [-0.2, -0.15) is 0 Å². The fourth-order valence-electron chi connectivity index (χ4n) is 3.04. The van der Waals surface area contributed by atoms with E-state index >= 15 is 0 Å². The third-order valence-corrected chi connectivity index (χ3v) is 4.81. The zero-order valence-corrected chi connectivity index (χ0v) is 15.0. The van der Waals surface area contributed by atoms with Crippen LogP contribution in [0, 0.1) is 10.1 Å². The van der Waals surface area contributed by atoms with E-state index in [1.165, 1.54) is 36.6 Å². The SMILES string of the molecule is O=C(NCc1ccc(CN2CCCC2)cc1)c1ccc(Cl)c([N+](=O)[O-])c1. The van der Waals surface area contributed by atoms with E-state index in [2.05, 4.69) is 22.3 Å². The zero-order valence-electron chi connectivity index (χ0n) is 14.3. The first-order valence-corrected chi connectivity index (χ1v) is 8.93. The van der Waals surface area contributed by atoms with Crippen LogP contribution in [0.25, 0.3) is 0 Å². The lowest BCUT2D eigenvalue weighted by atomic mass is 10.1. The summed E-state index contributed by atoms with van der Waals surface area (Å²) in [5.74, 6) is -0.370. The molecule has 1 N–H and O–H groups in total. The van der Waals surface area contributed by atoms with Crippen LogP contribution in [0.2, 0.25) is 5.02 Å². The summed E-state index contributed by atoms with van der Waals surface area (Å²) < 4.78 is 0. The van der Waals surface area contributed by atoms with E-state index in [1.54, 1.807) is 0 Å². The Morgan fingerprint density at radius 3 is 2.42 bits per heavy atom. The summed E-state index contributed by atoms with van der Waals surface area (Å²) in [5, 5.41) is 13.7. The maximum absolute atomic E-state index is 12.2. The zero-order chi connectivity index (χ0) is 18.5. The Kier molecular flexibility index (Phi) is 5.85. The van der Waals surface area contributed by atoms with Crippen molar-refractivity contribution in [1.82, 2.24) is 10.2 Å². The summed E-state index contributed by atoms with van der Waals surface area (Å²) in [4.78, 5) is 25.0. The molecule has 0 aromatic heterocycles. The number of hydrogen-bond acceptors (Lipinski definition) is 4. The minimum atomic E-state index is -0.599. The lowest BCUT2D eigenvalue weighted by Gasteiger charge is -2.14. The summed E-state index contributed by atoms with van der Waals surface area (Å²) in [6.45, 7) is 3.64. The highest BCUT2D eigenvalue weighted by Gasteiger charge is 2.16. The van der Waals surface area contributed by atoms with Gasteiger partial charge in [0.15, 0.2) is 0 Å². The molecule has 0 radical (unpaired) electrons. The van der Waals surface area contributed by atoms with E-state index < -0.39 is 4.92 Å². The molecule has 26 heavy (non-hydrogen) atoms. The average molecular weight is 374 g/mol. The first kappa shape index (κ1) is 18.4. The van der Waals surface area contributed by atoms with E-state index in [4.69, 9.17) is 11.6 Å². The number of nitro groups is 1. The Balaban J connectivity index is 1.57. The molecule has 1 amide bonds. The number of likely N-dealkylation sites (tertiary alicyclic amines) is 1. The standard InChI is InChI=1S/C19H20ClN3O3/c20-17-8-7-16(11-18(17)23(25)26)19(24)21-12-14-3-5-15(6-4-14)13-22-9-1-2-10-22/h3-8,11H,1-2,9-10,12-13H2,(H,21,24). The molecule has 2 aromatic rings. The molecule has 3 rings (SSSR count). The maximum Gasteiger partial charge on any atom is 0.288 e. The van der Waals surface area contributed by atoms with Crippen molar-refractivity contribution in [2.75, 3.05) is 13.1 Å². The number of benzene rings is 2. The highest BCUT2D eigenvalue weighted by Crippen LogP contribution is 2.25. The predicted molar refractivity (Wildman–Crippen MR) is 100 cm³/mol. The van der Waals surface area contributed by atoms with Crippen LogP contribution < -0.4 is 5.32 Å². The molecule has 0 unspecified atom stereocenters. The van der Waals surface area contributed by atoms with Gasteiger partial charge in [-0.25, -0.2) is 0 Å². The molecule has 0 aliphatic carbocycles. The van der Waals surface area contributed by atoms with E-state index in [9.17, 15) is 14.9 Å². The molecule has 6 nitrogen and oxygen atoms in total. The number of nitrogens with one attached hydrogen (secondary N) is 1.